The first-order chi connectivity index (χ1) is 8.33. The van der Waals surface area contributed by atoms with Crippen molar-refractivity contribution in [3.8, 4) is 5.06 Å². The summed E-state index contributed by atoms with van der Waals surface area (Å²) < 4.78 is 15.8. The van der Waals surface area contributed by atoms with Gasteiger partial charge in [-0.3, -0.25) is 0 Å². The third-order valence-electron chi connectivity index (χ3n) is 2.13. The molecule has 0 saturated heterocycles. The van der Waals surface area contributed by atoms with E-state index in [9.17, 15) is 4.79 Å². The lowest BCUT2D eigenvalue weighted by atomic mass is 10.2. The lowest BCUT2D eigenvalue weighted by molar-refractivity contribution is -0.0158. The largest absolute Gasteiger partial charge is 0.482 e. The van der Waals surface area contributed by atoms with E-state index in [1.54, 1.807) is 0 Å². The zero-order valence-electron chi connectivity index (χ0n) is 11.5. The van der Waals surface area contributed by atoms with E-state index in [0.717, 1.165) is 5.56 Å². The second-order valence-corrected chi connectivity index (χ2v) is 5.89. The van der Waals surface area contributed by atoms with Crippen LogP contribution in [0.1, 0.15) is 36.0 Å². The van der Waals surface area contributed by atoms with Crippen LogP contribution < -0.4 is 4.74 Å². The number of rotatable bonds is 5. The third-order valence-corrected chi connectivity index (χ3v) is 3.26. The predicted octanol–water partition coefficient (Wildman–Crippen LogP) is 3.04. The molecule has 0 spiro atoms. The van der Waals surface area contributed by atoms with Crippen LogP contribution in [0.4, 0.5) is 0 Å². The second-order valence-electron chi connectivity index (χ2n) is 4.88. The topological polar surface area (TPSA) is 44.8 Å². The smallest absolute Gasteiger partial charge is 0.348 e. The van der Waals surface area contributed by atoms with Gasteiger partial charge in [-0.15, -0.1) is 0 Å². The van der Waals surface area contributed by atoms with Crippen LogP contribution in [0.3, 0.4) is 0 Å². The summed E-state index contributed by atoms with van der Waals surface area (Å²) in [6, 6.07) is 1.84. The Morgan fingerprint density at radius 3 is 2.56 bits per heavy atom. The van der Waals surface area contributed by atoms with E-state index in [1.807, 2.05) is 33.8 Å². The molecule has 0 N–H and O–H groups in total. The van der Waals surface area contributed by atoms with E-state index in [1.165, 1.54) is 18.4 Å². The van der Waals surface area contributed by atoms with Crippen molar-refractivity contribution in [3.05, 3.63) is 16.5 Å². The van der Waals surface area contributed by atoms with E-state index in [-0.39, 0.29) is 11.6 Å². The molecule has 1 rings (SSSR count). The van der Waals surface area contributed by atoms with Crippen LogP contribution in [0.15, 0.2) is 6.07 Å². The summed E-state index contributed by atoms with van der Waals surface area (Å²) in [7, 11) is 1.37. The van der Waals surface area contributed by atoms with Gasteiger partial charge in [-0.25, -0.2) is 4.79 Å². The molecule has 0 fully saturated rings. The molecule has 0 radical (unpaired) electrons. The molecule has 0 aliphatic carbocycles. The van der Waals surface area contributed by atoms with Gasteiger partial charge in [0.05, 0.1) is 19.3 Å². The van der Waals surface area contributed by atoms with Crippen LogP contribution in [0, 0.1) is 6.92 Å². The fourth-order valence-electron chi connectivity index (χ4n) is 1.31. The number of ether oxygens (including phenoxy) is 3. The van der Waals surface area contributed by atoms with Crippen LogP contribution >= 0.6 is 11.3 Å². The van der Waals surface area contributed by atoms with Gasteiger partial charge in [0.2, 0.25) is 0 Å². The molecular weight excluding hydrogens is 252 g/mol. The molecule has 0 amide bonds. The van der Waals surface area contributed by atoms with Gasteiger partial charge in [-0.2, -0.15) is 0 Å². The highest BCUT2D eigenvalue weighted by atomic mass is 32.1. The Kier molecular flexibility index (Phi) is 5.16. The lowest BCUT2D eigenvalue weighted by Crippen LogP contribution is -2.22. The average molecular weight is 272 g/mol. The summed E-state index contributed by atoms with van der Waals surface area (Å²) in [6.07, 6.45) is 0. The first-order valence-corrected chi connectivity index (χ1v) is 6.60. The SMILES string of the molecule is COC(=O)c1sc(OCCOC(C)(C)C)cc1C. The highest BCUT2D eigenvalue weighted by Gasteiger charge is 2.15. The molecule has 0 bridgehead atoms. The van der Waals surface area contributed by atoms with Crippen molar-refractivity contribution in [2.75, 3.05) is 20.3 Å². The van der Waals surface area contributed by atoms with E-state index in [2.05, 4.69) is 0 Å². The first-order valence-electron chi connectivity index (χ1n) is 5.79. The number of aryl methyl sites for hydroxylation is 1. The maximum Gasteiger partial charge on any atom is 0.348 e. The Bertz CT molecular complexity index is 404. The standard InChI is InChI=1S/C13H20O4S/c1-9-8-10(18-11(9)12(14)15-5)16-6-7-17-13(2,3)4/h8H,6-7H2,1-5H3. The highest BCUT2D eigenvalue weighted by Crippen LogP contribution is 2.29. The van der Waals surface area contributed by atoms with Crippen molar-refractivity contribution in [3.63, 3.8) is 0 Å². The predicted molar refractivity (Wildman–Crippen MR) is 71.6 cm³/mol. The summed E-state index contributed by atoms with van der Waals surface area (Å²) >= 11 is 1.30. The Morgan fingerprint density at radius 2 is 2.00 bits per heavy atom. The number of esters is 1. The third kappa shape index (κ3) is 4.66. The van der Waals surface area contributed by atoms with Crippen LogP contribution in [0.2, 0.25) is 0 Å². The molecule has 0 aromatic carbocycles. The second kappa shape index (κ2) is 6.20. The Labute approximate surface area is 112 Å². The fraction of sp³-hybridized carbons (Fsp3) is 0.615. The molecule has 1 aromatic rings. The molecule has 0 aliphatic heterocycles. The minimum Gasteiger partial charge on any atom is -0.482 e. The van der Waals surface area contributed by atoms with Gasteiger partial charge in [-0.05, 0) is 39.3 Å². The minimum atomic E-state index is -0.321. The zero-order valence-corrected chi connectivity index (χ0v) is 12.3. The van der Waals surface area contributed by atoms with Crippen molar-refractivity contribution in [2.24, 2.45) is 0 Å². The molecule has 0 atom stereocenters. The van der Waals surface area contributed by atoms with E-state index >= 15 is 0 Å². The van der Waals surface area contributed by atoms with Crippen LogP contribution in [0.5, 0.6) is 5.06 Å². The fourth-order valence-corrected chi connectivity index (χ4v) is 2.28. The van der Waals surface area contributed by atoms with E-state index in [4.69, 9.17) is 14.2 Å². The average Bonchev–Trinajstić information content (AvgIpc) is 2.64. The lowest BCUT2D eigenvalue weighted by Gasteiger charge is -2.19. The molecule has 1 heterocycles. The number of hydrogen-bond acceptors (Lipinski definition) is 5. The van der Waals surface area contributed by atoms with Gasteiger partial charge in [0.15, 0.2) is 5.06 Å². The van der Waals surface area contributed by atoms with E-state index < -0.39 is 0 Å². The molecule has 0 saturated carbocycles. The van der Waals surface area contributed by atoms with Crippen molar-refractivity contribution < 1.29 is 19.0 Å². The maximum atomic E-state index is 11.4. The number of carbonyl (C=O) groups is 1. The summed E-state index contributed by atoms with van der Waals surface area (Å²) in [6.45, 7) is 8.85. The molecular formula is C13H20O4S. The van der Waals surface area contributed by atoms with Gasteiger partial charge in [0.1, 0.15) is 11.5 Å². The van der Waals surface area contributed by atoms with E-state index in [0.29, 0.717) is 23.2 Å². The van der Waals surface area contributed by atoms with Crippen LogP contribution in [-0.2, 0) is 9.47 Å². The van der Waals surface area contributed by atoms with Crippen molar-refractivity contribution in [2.45, 2.75) is 33.3 Å². The molecule has 0 aliphatic rings. The molecule has 4 nitrogen and oxygen atoms in total. The molecule has 5 heteroatoms. The number of carbonyl (C=O) groups excluding carboxylic acids is 1. The Balaban J connectivity index is 2.47. The van der Waals surface area contributed by atoms with Crippen LogP contribution in [-0.4, -0.2) is 31.9 Å². The van der Waals surface area contributed by atoms with Crippen molar-refractivity contribution in [1.29, 1.82) is 0 Å². The monoisotopic (exact) mass is 272 g/mol. The summed E-state index contributed by atoms with van der Waals surface area (Å²) in [5, 5.41) is 0.713. The van der Waals surface area contributed by atoms with Gasteiger partial charge in [0, 0.05) is 0 Å². The van der Waals surface area contributed by atoms with Crippen molar-refractivity contribution in [1.82, 2.24) is 0 Å². The van der Waals surface area contributed by atoms with Gasteiger partial charge in [-0.1, -0.05) is 11.3 Å². The summed E-state index contributed by atoms with van der Waals surface area (Å²) in [5.74, 6) is -0.321. The molecule has 1 aromatic heterocycles. The summed E-state index contributed by atoms with van der Waals surface area (Å²) in [5.41, 5.74) is 0.713. The summed E-state index contributed by atoms with van der Waals surface area (Å²) in [4.78, 5) is 12.0. The quantitative estimate of drug-likeness (QED) is 0.610. The van der Waals surface area contributed by atoms with Gasteiger partial charge in [0.25, 0.3) is 0 Å². The Hall–Kier alpha value is -1.07. The molecule has 18 heavy (non-hydrogen) atoms. The minimum absolute atomic E-state index is 0.161. The van der Waals surface area contributed by atoms with Crippen molar-refractivity contribution >= 4 is 17.3 Å². The number of methoxy groups -OCH3 is 1. The van der Waals surface area contributed by atoms with Crippen LogP contribution in [0.25, 0.3) is 0 Å². The number of thiophene rings is 1. The van der Waals surface area contributed by atoms with Gasteiger partial charge >= 0.3 is 5.97 Å². The zero-order chi connectivity index (χ0) is 13.8. The number of hydrogen-bond donors (Lipinski definition) is 0. The normalized spacial score (nSPS) is 11.4. The molecule has 0 unspecified atom stereocenters. The first kappa shape index (κ1) is 15.0. The molecule has 102 valence electrons. The maximum absolute atomic E-state index is 11.4. The van der Waals surface area contributed by atoms with Gasteiger partial charge < -0.3 is 14.2 Å². The Morgan fingerprint density at radius 1 is 1.33 bits per heavy atom. The highest BCUT2D eigenvalue weighted by molar-refractivity contribution is 7.15.